The van der Waals surface area contributed by atoms with Gasteiger partial charge in [0.15, 0.2) is 9.84 Å². The Kier molecular flexibility index (Phi) is 8.54. The van der Waals surface area contributed by atoms with Crippen LogP contribution < -0.4 is 61.6 Å². The molecule has 0 N–H and O–H groups in total. The molecule has 0 atom stereocenters. The third-order valence-electron chi connectivity index (χ3n) is 2.95. The van der Waals surface area contributed by atoms with Crippen molar-refractivity contribution in [3.63, 3.8) is 0 Å². The van der Waals surface area contributed by atoms with Crippen molar-refractivity contribution in [2.45, 2.75) is 26.0 Å². The van der Waals surface area contributed by atoms with E-state index in [1.165, 1.54) is 19.1 Å². The predicted octanol–water partition coefficient (Wildman–Crippen LogP) is -0.745. The second-order valence-electron chi connectivity index (χ2n) is 4.86. The molecule has 0 aliphatic heterocycles. The van der Waals surface area contributed by atoms with E-state index in [-0.39, 0.29) is 75.1 Å². The molecule has 0 amide bonds. The van der Waals surface area contributed by atoms with Crippen LogP contribution in [0.4, 0.5) is 12.9 Å². The zero-order valence-electron chi connectivity index (χ0n) is 12.6. The zero-order valence-corrected chi connectivity index (χ0v) is 16.5. The number of halogens is 3. The van der Waals surface area contributed by atoms with Gasteiger partial charge in [0, 0.05) is 0 Å². The normalized spacial score (nSPS) is 12.1. The molecule has 114 valence electrons. The van der Waals surface area contributed by atoms with Gasteiger partial charge in [-0.3, -0.25) is 0 Å². The Labute approximate surface area is 166 Å². The Morgan fingerprint density at radius 3 is 2.24 bits per heavy atom. The molecule has 0 saturated heterocycles. The van der Waals surface area contributed by atoms with Crippen LogP contribution >= 0.6 is 0 Å². The van der Waals surface area contributed by atoms with Crippen molar-refractivity contribution in [2.75, 3.05) is 12.4 Å². The van der Waals surface area contributed by atoms with Crippen molar-refractivity contribution < 1.29 is 77.5 Å². The average molecular weight is 348 g/mol. The first-order valence-electron chi connectivity index (χ1n) is 6.19. The molecular formula is C12H17BF3KO3S. The van der Waals surface area contributed by atoms with Gasteiger partial charge in [-0.25, -0.2) is 8.42 Å². The first-order chi connectivity index (χ1) is 9.04. The van der Waals surface area contributed by atoms with Gasteiger partial charge in [0.25, 0.3) is 0 Å². The third kappa shape index (κ3) is 6.62. The van der Waals surface area contributed by atoms with Gasteiger partial charge in [0.05, 0.1) is 11.0 Å². The van der Waals surface area contributed by atoms with E-state index in [0.29, 0.717) is 0 Å². The maximum absolute atomic E-state index is 12.6. The van der Waals surface area contributed by atoms with E-state index >= 15 is 0 Å². The van der Waals surface area contributed by atoms with Crippen LogP contribution in [0, 0.1) is 6.92 Å². The van der Waals surface area contributed by atoms with Gasteiger partial charge in [0.2, 0.25) is 0 Å². The Balaban J connectivity index is 0.00000400. The second kappa shape index (κ2) is 8.35. The monoisotopic (exact) mass is 348 g/mol. The number of benzene rings is 1. The average Bonchev–Trinajstić information content (AvgIpc) is 2.26. The molecule has 0 aliphatic rings. The van der Waals surface area contributed by atoms with Crippen LogP contribution in [-0.4, -0.2) is 33.0 Å². The topological polar surface area (TPSA) is 43.4 Å². The summed E-state index contributed by atoms with van der Waals surface area (Å²) >= 11 is 0. The van der Waals surface area contributed by atoms with Crippen molar-refractivity contribution in [2.24, 2.45) is 0 Å². The van der Waals surface area contributed by atoms with E-state index in [1.807, 2.05) is 0 Å². The van der Waals surface area contributed by atoms with Crippen molar-refractivity contribution in [1.82, 2.24) is 0 Å². The minimum Gasteiger partial charge on any atom is -0.493 e. The molecule has 0 saturated carbocycles. The molecule has 0 spiro atoms. The summed E-state index contributed by atoms with van der Waals surface area (Å²) in [6.07, 6.45) is 0. The SMILES string of the molecule is Cc1cc(OCCS(=O)(=O)C(C)C)ccc1[B-](F)(F)F.[K+]. The molecule has 0 bridgehead atoms. The van der Waals surface area contributed by atoms with Crippen LogP contribution in [0.25, 0.3) is 0 Å². The van der Waals surface area contributed by atoms with Crippen molar-refractivity contribution in [1.29, 1.82) is 0 Å². The number of sulfone groups is 1. The summed E-state index contributed by atoms with van der Waals surface area (Å²) in [5.74, 6) is 0.0829. The van der Waals surface area contributed by atoms with Gasteiger partial charge in [-0.05, 0) is 32.9 Å². The third-order valence-corrected chi connectivity index (χ3v) is 5.12. The summed E-state index contributed by atoms with van der Waals surface area (Å²) in [6, 6.07) is 3.44. The van der Waals surface area contributed by atoms with Crippen LogP contribution in [-0.2, 0) is 9.84 Å². The Morgan fingerprint density at radius 1 is 1.24 bits per heavy atom. The van der Waals surface area contributed by atoms with Crippen molar-refractivity contribution in [3.05, 3.63) is 23.8 Å². The summed E-state index contributed by atoms with van der Waals surface area (Å²) in [6.45, 7) is -0.627. The van der Waals surface area contributed by atoms with Crippen LogP contribution in [0.1, 0.15) is 19.4 Å². The molecule has 0 heterocycles. The predicted molar refractivity (Wildman–Crippen MR) is 74.3 cm³/mol. The van der Waals surface area contributed by atoms with E-state index < -0.39 is 27.5 Å². The van der Waals surface area contributed by atoms with Crippen molar-refractivity contribution in [3.8, 4) is 5.75 Å². The Morgan fingerprint density at radius 2 is 1.81 bits per heavy atom. The van der Waals surface area contributed by atoms with E-state index in [4.69, 9.17) is 4.74 Å². The van der Waals surface area contributed by atoms with E-state index in [1.54, 1.807) is 13.8 Å². The molecule has 1 aromatic rings. The second-order valence-corrected chi connectivity index (χ2v) is 7.53. The molecular weight excluding hydrogens is 331 g/mol. The molecule has 0 radical (unpaired) electrons. The van der Waals surface area contributed by atoms with Crippen LogP contribution in [0.2, 0.25) is 0 Å². The number of ether oxygens (including phenoxy) is 1. The standard InChI is InChI=1S/C12H17BF3O3S.K/c1-9(2)20(17,18)7-6-19-11-4-5-12(10(3)8-11)13(14,15)16;/h4-5,8-9H,6-7H2,1-3H3;/q-1;+1. The first-order valence-corrected chi connectivity index (χ1v) is 7.90. The molecule has 1 aromatic carbocycles. The molecule has 21 heavy (non-hydrogen) atoms. The summed E-state index contributed by atoms with van der Waals surface area (Å²) in [7, 11) is -3.21. The van der Waals surface area contributed by atoms with Gasteiger partial charge < -0.3 is 17.7 Å². The molecule has 1 rings (SSSR count). The first kappa shape index (κ1) is 21.5. The number of hydrogen-bond acceptors (Lipinski definition) is 3. The summed E-state index contributed by atoms with van der Waals surface area (Å²) in [5, 5.41) is -0.497. The summed E-state index contributed by atoms with van der Waals surface area (Å²) in [4.78, 5) is 0. The minimum absolute atomic E-state index is 0. The maximum atomic E-state index is 12.6. The Bertz CT molecular complexity index is 574. The van der Waals surface area contributed by atoms with Gasteiger partial charge in [-0.15, -0.1) is 5.46 Å². The van der Waals surface area contributed by atoms with E-state index in [2.05, 4.69) is 0 Å². The quantitative estimate of drug-likeness (QED) is 0.636. The molecule has 0 fully saturated rings. The Hall–Kier alpha value is 0.461. The van der Waals surface area contributed by atoms with Crippen molar-refractivity contribution >= 4 is 22.3 Å². The fraction of sp³-hybridized carbons (Fsp3) is 0.500. The molecule has 3 nitrogen and oxygen atoms in total. The maximum Gasteiger partial charge on any atom is 1.00 e. The van der Waals surface area contributed by atoms with Gasteiger partial charge in [0.1, 0.15) is 12.4 Å². The van der Waals surface area contributed by atoms with Crippen LogP contribution in [0.15, 0.2) is 18.2 Å². The van der Waals surface area contributed by atoms with Gasteiger partial charge in [-0.1, -0.05) is 11.6 Å². The molecule has 0 aromatic heterocycles. The number of aryl methyl sites for hydroxylation is 1. The number of rotatable bonds is 6. The van der Waals surface area contributed by atoms with E-state index in [0.717, 1.165) is 6.07 Å². The van der Waals surface area contributed by atoms with E-state index in [9.17, 15) is 21.4 Å². The largest absolute Gasteiger partial charge is 1.00 e. The molecule has 0 aliphatic carbocycles. The summed E-state index contributed by atoms with van der Waals surface area (Å²) < 4.78 is 66.2. The minimum atomic E-state index is -5.04. The van der Waals surface area contributed by atoms with Gasteiger partial charge >= 0.3 is 58.4 Å². The molecule has 9 heteroatoms. The molecule has 0 unspecified atom stereocenters. The van der Waals surface area contributed by atoms with Crippen LogP contribution in [0.3, 0.4) is 0 Å². The van der Waals surface area contributed by atoms with Crippen LogP contribution in [0.5, 0.6) is 5.75 Å². The smallest absolute Gasteiger partial charge is 0.493 e. The number of hydrogen-bond donors (Lipinski definition) is 0. The zero-order chi connectivity index (χ0) is 15.6. The fourth-order valence-electron chi connectivity index (χ4n) is 1.62. The summed E-state index contributed by atoms with van der Waals surface area (Å²) in [5.41, 5.74) is -0.589. The van der Waals surface area contributed by atoms with Gasteiger partial charge in [-0.2, -0.15) is 0 Å². The fourth-order valence-corrected chi connectivity index (χ4v) is 2.40.